The minimum Gasteiger partial charge on any atom is -1.00 e. The van der Waals surface area contributed by atoms with E-state index in [9.17, 15) is 0 Å². The molecule has 0 spiro atoms. The van der Waals surface area contributed by atoms with Crippen molar-refractivity contribution in [3.63, 3.8) is 0 Å². The molecule has 0 aliphatic carbocycles. The molecule has 1 aliphatic heterocycles. The number of rotatable bonds is 5. The normalized spacial score (nSPS) is 14.5. The van der Waals surface area contributed by atoms with Crippen LogP contribution in [0.15, 0.2) is 54.6 Å². The molecule has 1 aliphatic rings. The van der Waals surface area contributed by atoms with E-state index in [1.54, 1.807) is 21.3 Å². The summed E-state index contributed by atoms with van der Waals surface area (Å²) in [5.41, 5.74) is 4.72. The van der Waals surface area contributed by atoms with E-state index >= 15 is 0 Å². The average molecular weight is 529 g/mol. The fourth-order valence-electron chi connectivity index (χ4n) is 4.57. The summed E-state index contributed by atoms with van der Waals surface area (Å²) in [5, 5.41) is 2.58. The Morgan fingerprint density at radius 1 is 0.839 bits per heavy atom. The van der Waals surface area contributed by atoms with Gasteiger partial charge in [-0.15, -0.1) is 0 Å². The maximum Gasteiger partial charge on any atom is 0.210 e. The van der Waals surface area contributed by atoms with Gasteiger partial charge in [-0.05, 0) is 54.5 Å². The highest BCUT2D eigenvalue weighted by Crippen LogP contribution is 2.44. The van der Waals surface area contributed by atoms with Gasteiger partial charge in [0.05, 0.1) is 26.7 Å². The van der Waals surface area contributed by atoms with Gasteiger partial charge in [-0.25, -0.2) is 0 Å². The molecule has 3 aromatic carbocycles. The summed E-state index contributed by atoms with van der Waals surface area (Å²) in [6.07, 6.45) is 4.29. The lowest BCUT2D eigenvalue weighted by molar-refractivity contribution is -0.401. The van der Waals surface area contributed by atoms with Crippen LogP contribution < -0.4 is 38.2 Å². The van der Waals surface area contributed by atoms with Crippen LogP contribution in [0.3, 0.4) is 0 Å². The molecule has 1 heterocycles. The number of ether oxygens (including phenoxy) is 3. The topological polar surface area (TPSA) is 30.7 Å². The lowest BCUT2D eigenvalue weighted by Crippen LogP contribution is -3.00. The Labute approximate surface area is 201 Å². The second kappa shape index (κ2) is 8.91. The fraction of sp³-hybridized carbons (Fsp3) is 0.269. The van der Waals surface area contributed by atoms with E-state index in [4.69, 9.17) is 14.2 Å². The Balaban J connectivity index is 0.00000272. The standard InChI is InChI=1S/C26H28NO3.HI/c1-26(2)23(14-11-17-15-21(28-4)25(30-6)22(16-17)29-5)27(3)20-13-12-18-9-7-8-10-19(18)24(20)26;/h7-16H,1-6H3;1H/q+1;/p-1/b14-11+;. The van der Waals surface area contributed by atoms with Gasteiger partial charge in [0, 0.05) is 17.7 Å². The Bertz CT molecular complexity index is 1170. The second-order valence-electron chi connectivity index (χ2n) is 8.04. The maximum absolute atomic E-state index is 5.50. The third-order valence-electron chi connectivity index (χ3n) is 6.02. The molecule has 4 nitrogen and oxygen atoms in total. The summed E-state index contributed by atoms with van der Waals surface area (Å²) in [6, 6.07) is 16.9. The van der Waals surface area contributed by atoms with Gasteiger partial charge < -0.3 is 38.2 Å². The van der Waals surface area contributed by atoms with Gasteiger partial charge in [-0.3, -0.25) is 0 Å². The predicted octanol–water partition coefficient (Wildman–Crippen LogP) is 2.59. The first kappa shape index (κ1) is 23.1. The monoisotopic (exact) mass is 529 g/mol. The van der Waals surface area contributed by atoms with Crippen molar-refractivity contribution in [1.82, 2.24) is 0 Å². The zero-order chi connectivity index (χ0) is 21.5. The Morgan fingerprint density at radius 2 is 1.48 bits per heavy atom. The highest BCUT2D eigenvalue weighted by Gasteiger charge is 2.44. The van der Waals surface area contributed by atoms with E-state index in [1.165, 1.54) is 27.7 Å². The molecule has 0 aromatic heterocycles. The minimum absolute atomic E-state index is 0. The van der Waals surface area contributed by atoms with Crippen molar-refractivity contribution < 1.29 is 42.8 Å². The zero-order valence-corrected chi connectivity index (χ0v) is 21.0. The Morgan fingerprint density at radius 3 is 2.10 bits per heavy atom. The summed E-state index contributed by atoms with van der Waals surface area (Å²) >= 11 is 0. The van der Waals surface area contributed by atoms with E-state index in [2.05, 4.69) is 74.0 Å². The molecule has 5 heteroatoms. The van der Waals surface area contributed by atoms with Crippen molar-refractivity contribution in [1.29, 1.82) is 0 Å². The van der Waals surface area contributed by atoms with Crippen LogP contribution >= 0.6 is 0 Å². The number of hydrogen-bond donors (Lipinski definition) is 0. The smallest absolute Gasteiger partial charge is 0.210 e. The molecule has 0 fully saturated rings. The quantitative estimate of drug-likeness (QED) is 0.376. The van der Waals surface area contributed by atoms with Crippen LogP contribution in [0.1, 0.15) is 25.0 Å². The van der Waals surface area contributed by atoms with E-state index < -0.39 is 0 Å². The summed E-state index contributed by atoms with van der Waals surface area (Å²) in [7, 11) is 7.02. The van der Waals surface area contributed by atoms with Crippen LogP contribution in [0, 0.1) is 0 Å². The third kappa shape index (κ3) is 3.80. The van der Waals surface area contributed by atoms with Gasteiger partial charge in [0.2, 0.25) is 11.4 Å². The zero-order valence-electron chi connectivity index (χ0n) is 18.8. The number of halogens is 1. The molecule has 0 saturated carbocycles. The fourth-order valence-corrected chi connectivity index (χ4v) is 4.57. The van der Waals surface area contributed by atoms with Gasteiger partial charge >= 0.3 is 0 Å². The predicted molar refractivity (Wildman–Crippen MR) is 123 cm³/mol. The van der Waals surface area contributed by atoms with E-state index in [0.29, 0.717) is 17.2 Å². The number of hydrogen-bond acceptors (Lipinski definition) is 3. The number of nitrogens with zero attached hydrogens (tertiary/aromatic N) is 1. The molecule has 0 bridgehead atoms. The molecule has 0 radical (unpaired) electrons. The summed E-state index contributed by atoms with van der Waals surface area (Å²) < 4.78 is 18.7. The largest absolute Gasteiger partial charge is 1.00 e. The van der Waals surface area contributed by atoms with Crippen LogP contribution in [0.4, 0.5) is 5.69 Å². The Hall–Kier alpha value is -2.54. The van der Waals surface area contributed by atoms with E-state index in [1.807, 2.05) is 12.1 Å². The highest BCUT2D eigenvalue weighted by atomic mass is 127. The number of benzene rings is 3. The summed E-state index contributed by atoms with van der Waals surface area (Å²) in [5.74, 6) is 1.90. The maximum atomic E-state index is 5.50. The van der Waals surface area contributed by atoms with Crippen molar-refractivity contribution in [2.75, 3.05) is 28.4 Å². The number of allylic oxidation sites excluding steroid dienone is 1. The minimum atomic E-state index is -0.123. The molecule has 0 unspecified atom stereocenters. The van der Waals surface area contributed by atoms with E-state index in [-0.39, 0.29) is 29.4 Å². The second-order valence-corrected chi connectivity index (χ2v) is 8.04. The van der Waals surface area contributed by atoms with Gasteiger partial charge in [-0.1, -0.05) is 24.3 Å². The molecule has 0 saturated heterocycles. The van der Waals surface area contributed by atoms with Crippen LogP contribution in [0.2, 0.25) is 0 Å². The Kier molecular flexibility index (Phi) is 6.65. The molecular weight excluding hydrogens is 501 g/mol. The van der Waals surface area contributed by atoms with E-state index in [0.717, 1.165) is 5.56 Å². The third-order valence-corrected chi connectivity index (χ3v) is 6.02. The van der Waals surface area contributed by atoms with Crippen molar-refractivity contribution in [2.45, 2.75) is 19.3 Å². The van der Waals surface area contributed by atoms with Crippen molar-refractivity contribution in [2.24, 2.45) is 0 Å². The molecule has 4 rings (SSSR count). The van der Waals surface area contributed by atoms with Crippen LogP contribution in [-0.2, 0) is 5.41 Å². The van der Waals surface area contributed by atoms with Crippen LogP contribution in [-0.4, -0.2) is 38.7 Å². The van der Waals surface area contributed by atoms with Gasteiger partial charge in [0.25, 0.3) is 0 Å². The number of fused-ring (bicyclic) bond motifs is 3. The molecular formula is C26H28INO3. The average Bonchev–Trinajstić information content (AvgIpc) is 2.96. The SMILES string of the molecule is COc1cc(/C=C/C2=[N+](C)c3ccc4ccccc4c3C2(C)C)cc(OC)c1OC.[I-]. The summed E-state index contributed by atoms with van der Waals surface area (Å²) in [4.78, 5) is 0. The molecule has 3 aromatic rings. The van der Waals surface area contributed by atoms with Crippen molar-refractivity contribution in [3.8, 4) is 17.2 Å². The lowest BCUT2D eigenvalue weighted by atomic mass is 9.79. The molecule has 162 valence electrons. The molecule has 0 amide bonds. The highest BCUT2D eigenvalue weighted by molar-refractivity contribution is 6.09. The van der Waals surface area contributed by atoms with Gasteiger partial charge in [-0.2, -0.15) is 4.58 Å². The number of methoxy groups -OCH3 is 3. The molecule has 31 heavy (non-hydrogen) atoms. The lowest BCUT2D eigenvalue weighted by Gasteiger charge is -2.17. The van der Waals surface area contributed by atoms with Gasteiger partial charge in [0.1, 0.15) is 7.05 Å². The van der Waals surface area contributed by atoms with Crippen molar-refractivity contribution in [3.05, 3.63) is 65.7 Å². The van der Waals surface area contributed by atoms with Crippen LogP contribution in [0.25, 0.3) is 16.8 Å². The first-order valence-corrected chi connectivity index (χ1v) is 10.0. The summed E-state index contributed by atoms with van der Waals surface area (Å²) in [6.45, 7) is 4.58. The first-order valence-electron chi connectivity index (χ1n) is 10.0. The van der Waals surface area contributed by atoms with Crippen LogP contribution in [0.5, 0.6) is 17.2 Å². The molecule has 0 atom stereocenters. The first-order chi connectivity index (χ1) is 14.4. The van der Waals surface area contributed by atoms with Gasteiger partial charge in [0.15, 0.2) is 17.2 Å². The van der Waals surface area contributed by atoms with Crippen molar-refractivity contribution >= 4 is 28.2 Å². The molecule has 0 N–H and O–H groups in total.